The number of nitrogens with zero attached hydrogens (tertiary/aromatic N) is 2. The summed E-state index contributed by atoms with van der Waals surface area (Å²) in [5, 5.41) is 8.09. The summed E-state index contributed by atoms with van der Waals surface area (Å²) in [4.78, 5) is 4.40. The second-order valence-electron chi connectivity index (χ2n) is 5.30. The molecule has 0 saturated heterocycles. The fourth-order valence-electron chi connectivity index (χ4n) is 2.59. The van der Waals surface area contributed by atoms with E-state index < -0.39 is 0 Å². The van der Waals surface area contributed by atoms with Gasteiger partial charge in [0.25, 0.3) is 0 Å². The molecule has 106 valence electrons. The lowest BCUT2D eigenvalue weighted by Gasteiger charge is -2.21. The minimum atomic E-state index is 0.479. The Labute approximate surface area is 123 Å². The largest absolute Gasteiger partial charge is 0.335 e. The van der Waals surface area contributed by atoms with E-state index in [1.807, 2.05) is 24.3 Å². The predicted molar refractivity (Wildman–Crippen MR) is 79.1 cm³/mol. The molecule has 4 nitrogen and oxygen atoms in total. The first kappa shape index (κ1) is 13.4. The Kier molecular flexibility index (Phi) is 4.21. The highest BCUT2D eigenvalue weighted by atomic mass is 35.5. The van der Waals surface area contributed by atoms with E-state index in [1.165, 1.54) is 32.1 Å². The minimum absolute atomic E-state index is 0.479. The van der Waals surface area contributed by atoms with Crippen LogP contribution in [0.4, 0.5) is 6.01 Å². The molecular weight excluding hydrogens is 274 g/mol. The van der Waals surface area contributed by atoms with Crippen molar-refractivity contribution in [2.24, 2.45) is 0 Å². The first-order valence-corrected chi connectivity index (χ1v) is 7.51. The molecule has 0 atom stereocenters. The van der Waals surface area contributed by atoms with Gasteiger partial charge in [-0.05, 0) is 30.5 Å². The standard InChI is InChI=1S/C15H18ClN3O/c16-12-8-6-11(7-9-12)10-14-18-15(20-19-14)17-13-4-2-1-3-5-13/h6-9,13H,1-5,10H2,(H,17,18,19). The molecule has 0 spiro atoms. The number of rotatable bonds is 4. The van der Waals surface area contributed by atoms with E-state index in [2.05, 4.69) is 15.5 Å². The van der Waals surface area contributed by atoms with Gasteiger partial charge in [0, 0.05) is 17.5 Å². The predicted octanol–water partition coefficient (Wildman–Crippen LogP) is 4.06. The molecule has 5 heteroatoms. The third kappa shape index (κ3) is 3.51. The van der Waals surface area contributed by atoms with E-state index in [4.69, 9.17) is 16.1 Å². The summed E-state index contributed by atoms with van der Waals surface area (Å²) in [7, 11) is 0. The lowest BCUT2D eigenvalue weighted by atomic mass is 9.96. The number of aromatic nitrogens is 2. The van der Waals surface area contributed by atoms with E-state index in [-0.39, 0.29) is 0 Å². The van der Waals surface area contributed by atoms with Gasteiger partial charge in [0.05, 0.1) is 0 Å². The highest BCUT2D eigenvalue weighted by Gasteiger charge is 2.16. The maximum Gasteiger partial charge on any atom is 0.321 e. The van der Waals surface area contributed by atoms with Crippen molar-refractivity contribution in [2.75, 3.05) is 5.32 Å². The maximum atomic E-state index is 5.87. The van der Waals surface area contributed by atoms with Gasteiger partial charge in [0.1, 0.15) is 0 Å². The normalized spacial score (nSPS) is 16.2. The summed E-state index contributed by atoms with van der Waals surface area (Å²) in [6.07, 6.45) is 6.94. The molecule has 0 radical (unpaired) electrons. The summed E-state index contributed by atoms with van der Waals surface area (Å²) < 4.78 is 5.27. The summed E-state index contributed by atoms with van der Waals surface area (Å²) >= 11 is 5.87. The molecule has 1 fully saturated rings. The number of nitrogens with one attached hydrogen (secondary N) is 1. The van der Waals surface area contributed by atoms with Gasteiger partial charge < -0.3 is 9.84 Å². The van der Waals surface area contributed by atoms with E-state index >= 15 is 0 Å². The average molecular weight is 292 g/mol. The Hall–Kier alpha value is -1.55. The quantitative estimate of drug-likeness (QED) is 0.923. The smallest absolute Gasteiger partial charge is 0.321 e. The summed E-state index contributed by atoms with van der Waals surface area (Å²) in [5.41, 5.74) is 1.12. The first-order chi connectivity index (χ1) is 9.79. The van der Waals surface area contributed by atoms with Gasteiger partial charge >= 0.3 is 6.01 Å². The fraction of sp³-hybridized carbons (Fsp3) is 0.467. The Balaban J connectivity index is 1.60. The van der Waals surface area contributed by atoms with Gasteiger partial charge in [0.15, 0.2) is 5.82 Å². The van der Waals surface area contributed by atoms with Crippen molar-refractivity contribution in [3.8, 4) is 0 Å². The van der Waals surface area contributed by atoms with Crippen molar-refractivity contribution in [2.45, 2.75) is 44.6 Å². The second-order valence-corrected chi connectivity index (χ2v) is 5.73. The molecule has 1 heterocycles. The topological polar surface area (TPSA) is 51.0 Å². The molecule has 0 amide bonds. The van der Waals surface area contributed by atoms with Crippen LogP contribution in [0.2, 0.25) is 5.02 Å². The van der Waals surface area contributed by atoms with Crippen molar-refractivity contribution in [3.63, 3.8) is 0 Å². The van der Waals surface area contributed by atoms with Crippen LogP contribution in [0.15, 0.2) is 28.8 Å². The summed E-state index contributed by atoms with van der Waals surface area (Å²) in [5.74, 6) is 0.700. The number of benzene rings is 1. The van der Waals surface area contributed by atoms with Crippen molar-refractivity contribution < 1.29 is 4.52 Å². The fourth-order valence-corrected chi connectivity index (χ4v) is 2.72. The molecule has 3 rings (SSSR count). The van der Waals surface area contributed by atoms with E-state index in [0.717, 1.165) is 10.6 Å². The van der Waals surface area contributed by atoms with Crippen LogP contribution >= 0.6 is 11.6 Å². The van der Waals surface area contributed by atoms with Crippen LogP contribution in [-0.2, 0) is 6.42 Å². The molecule has 2 aromatic rings. The van der Waals surface area contributed by atoms with Gasteiger partial charge in [-0.25, -0.2) is 0 Å². The molecule has 1 aliphatic rings. The van der Waals surface area contributed by atoms with Crippen molar-refractivity contribution in [1.29, 1.82) is 0 Å². The van der Waals surface area contributed by atoms with E-state index in [1.54, 1.807) is 0 Å². The monoisotopic (exact) mass is 291 g/mol. The molecular formula is C15H18ClN3O. The van der Waals surface area contributed by atoms with Crippen molar-refractivity contribution >= 4 is 17.6 Å². The zero-order chi connectivity index (χ0) is 13.8. The lowest BCUT2D eigenvalue weighted by Crippen LogP contribution is -2.22. The Morgan fingerprint density at radius 2 is 1.90 bits per heavy atom. The molecule has 1 aromatic carbocycles. The number of halogens is 1. The van der Waals surface area contributed by atoms with E-state index in [9.17, 15) is 0 Å². The molecule has 20 heavy (non-hydrogen) atoms. The van der Waals surface area contributed by atoms with Gasteiger partial charge in [-0.2, -0.15) is 4.98 Å². The molecule has 1 saturated carbocycles. The highest BCUT2D eigenvalue weighted by molar-refractivity contribution is 6.30. The molecule has 0 bridgehead atoms. The zero-order valence-corrected chi connectivity index (χ0v) is 12.1. The van der Waals surface area contributed by atoms with Gasteiger partial charge in [-0.15, -0.1) is 0 Å². The Bertz CT molecular complexity index is 547. The van der Waals surface area contributed by atoms with Crippen LogP contribution < -0.4 is 5.32 Å². The van der Waals surface area contributed by atoms with Crippen LogP contribution in [-0.4, -0.2) is 16.2 Å². The van der Waals surface area contributed by atoms with Gasteiger partial charge in [0.2, 0.25) is 0 Å². The Morgan fingerprint density at radius 3 is 2.65 bits per heavy atom. The molecule has 1 aliphatic carbocycles. The number of anilines is 1. The number of hydrogen-bond acceptors (Lipinski definition) is 4. The highest BCUT2D eigenvalue weighted by Crippen LogP contribution is 2.21. The average Bonchev–Trinajstić information content (AvgIpc) is 2.90. The van der Waals surface area contributed by atoms with Crippen molar-refractivity contribution in [3.05, 3.63) is 40.7 Å². The second kappa shape index (κ2) is 6.27. The SMILES string of the molecule is Clc1ccc(Cc2noc(NC3CCCCC3)n2)cc1. The van der Waals surface area contributed by atoms with Crippen LogP contribution in [0.25, 0.3) is 0 Å². The Morgan fingerprint density at radius 1 is 1.15 bits per heavy atom. The molecule has 0 aliphatic heterocycles. The van der Waals surface area contributed by atoms with Crippen LogP contribution in [0.1, 0.15) is 43.5 Å². The summed E-state index contributed by atoms with van der Waals surface area (Å²) in [6.45, 7) is 0. The first-order valence-electron chi connectivity index (χ1n) is 7.13. The number of hydrogen-bond donors (Lipinski definition) is 1. The molecule has 1 N–H and O–H groups in total. The van der Waals surface area contributed by atoms with Gasteiger partial charge in [-0.3, -0.25) is 0 Å². The third-order valence-corrected chi connectivity index (χ3v) is 3.93. The molecule has 0 unspecified atom stereocenters. The third-order valence-electron chi connectivity index (χ3n) is 3.68. The van der Waals surface area contributed by atoms with Crippen molar-refractivity contribution in [1.82, 2.24) is 10.1 Å². The maximum absolute atomic E-state index is 5.87. The minimum Gasteiger partial charge on any atom is -0.335 e. The summed E-state index contributed by atoms with van der Waals surface area (Å²) in [6, 6.07) is 8.73. The van der Waals surface area contributed by atoms with Crippen LogP contribution in [0.3, 0.4) is 0 Å². The zero-order valence-electron chi connectivity index (χ0n) is 11.3. The molecule has 1 aromatic heterocycles. The van der Waals surface area contributed by atoms with Crippen LogP contribution in [0.5, 0.6) is 0 Å². The van der Waals surface area contributed by atoms with Crippen LogP contribution in [0, 0.1) is 0 Å². The lowest BCUT2D eigenvalue weighted by molar-refractivity contribution is 0.403. The van der Waals surface area contributed by atoms with Gasteiger partial charge in [-0.1, -0.05) is 48.2 Å². The van der Waals surface area contributed by atoms with E-state index in [0.29, 0.717) is 24.3 Å².